The van der Waals surface area contributed by atoms with E-state index in [2.05, 4.69) is 31.5 Å². The Labute approximate surface area is 193 Å². The molecule has 2 N–H and O–H groups in total. The lowest BCUT2D eigenvalue weighted by Gasteiger charge is -2.12. The molecule has 0 bridgehead atoms. The third-order valence-corrected chi connectivity index (χ3v) is 5.88. The Hall–Kier alpha value is -3.95. The average molecular weight is 436 g/mol. The van der Waals surface area contributed by atoms with Crippen LogP contribution >= 0.6 is 0 Å². The van der Waals surface area contributed by atoms with Crippen LogP contribution in [0.3, 0.4) is 0 Å². The molecule has 2 atom stereocenters. The first-order chi connectivity index (χ1) is 16.2. The van der Waals surface area contributed by atoms with Gasteiger partial charge in [-0.05, 0) is 80.1 Å². The van der Waals surface area contributed by atoms with Gasteiger partial charge in [-0.3, -0.25) is 4.98 Å². The van der Waals surface area contributed by atoms with E-state index in [1.807, 2.05) is 61.5 Å². The Morgan fingerprint density at radius 3 is 2.67 bits per heavy atom. The molecule has 2 aliphatic rings. The van der Waals surface area contributed by atoms with E-state index >= 15 is 0 Å². The molecule has 4 aromatic rings. The number of terminal acetylenes is 1. The van der Waals surface area contributed by atoms with Crippen molar-refractivity contribution < 1.29 is 4.74 Å². The van der Waals surface area contributed by atoms with Crippen LogP contribution in [0, 0.1) is 25.2 Å². The minimum Gasteiger partial charge on any atom is -0.457 e. The molecule has 0 radical (unpaired) electrons. The molecule has 2 aromatic carbocycles. The van der Waals surface area contributed by atoms with Gasteiger partial charge in [-0.25, -0.2) is 9.97 Å². The molecule has 0 amide bonds. The molecule has 1 aliphatic heterocycles. The van der Waals surface area contributed by atoms with E-state index in [9.17, 15) is 0 Å². The number of piperidine rings is 1. The molecule has 33 heavy (non-hydrogen) atoms. The van der Waals surface area contributed by atoms with E-state index in [-0.39, 0.29) is 0 Å². The zero-order chi connectivity index (χ0) is 22.6. The van der Waals surface area contributed by atoms with Gasteiger partial charge in [0.15, 0.2) is 0 Å². The van der Waals surface area contributed by atoms with E-state index in [1.54, 1.807) is 12.4 Å². The van der Waals surface area contributed by atoms with Crippen LogP contribution in [-0.2, 0) is 0 Å². The fraction of sp³-hybridized carbons (Fsp3) is 0.222. The summed E-state index contributed by atoms with van der Waals surface area (Å²) in [6, 6.07) is 18.4. The number of anilines is 2. The van der Waals surface area contributed by atoms with Gasteiger partial charge in [-0.2, -0.15) is 0 Å². The molecule has 2 aromatic heterocycles. The smallest absolute Gasteiger partial charge is 0.207 e. The molecule has 6 heteroatoms. The molecule has 2 fully saturated rings. The molecule has 1 saturated heterocycles. The average Bonchev–Trinajstić information content (AvgIpc) is 3.45. The molecule has 164 valence electrons. The van der Waals surface area contributed by atoms with Crippen LogP contribution in [0.1, 0.15) is 24.2 Å². The number of rotatable bonds is 4. The van der Waals surface area contributed by atoms with Crippen molar-refractivity contribution in [3.05, 3.63) is 78.4 Å². The summed E-state index contributed by atoms with van der Waals surface area (Å²) < 4.78 is 5.93. The van der Waals surface area contributed by atoms with Gasteiger partial charge in [0.1, 0.15) is 17.3 Å². The number of ether oxygens (including phenoxy) is 1. The number of hydrogen-bond donors (Lipinski definition) is 2. The third kappa shape index (κ3) is 4.94. The van der Waals surface area contributed by atoms with Crippen LogP contribution in [0.5, 0.6) is 11.5 Å². The van der Waals surface area contributed by atoms with Crippen LogP contribution in [0.25, 0.3) is 10.9 Å². The SMILES string of the molecule is C#Cc1nc(Nc2ccc(Oc3ccccc3)c(C)c2)c2ccncc2n1.C1CC2CC2N1. The number of benzene rings is 2. The first-order valence-electron chi connectivity index (χ1n) is 11.1. The fourth-order valence-corrected chi connectivity index (χ4v) is 4.01. The maximum atomic E-state index is 5.93. The molecule has 0 spiro atoms. The maximum Gasteiger partial charge on any atom is 0.207 e. The first kappa shape index (κ1) is 20.9. The predicted molar refractivity (Wildman–Crippen MR) is 131 cm³/mol. The van der Waals surface area contributed by atoms with Crippen molar-refractivity contribution in [2.24, 2.45) is 5.92 Å². The summed E-state index contributed by atoms with van der Waals surface area (Å²) in [7, 11) is 0. The van der Waals surface area contributed by atoms with Gasteiger partial charge in [-0.15, -0.1) is 6.42 Å². The lowest BCUT2D eigenvalue weighted by Crippen LogP contribution is -2.10. The summed E-state index contributed by atoms with van der Waals surface area (Å²) in [5.41, 5.74) is 2.58. The Balaban J connectivity index is 0.000000324. The highest BCUT2D eigenvalue weighted by atomic mass is 16.5. The van der Waals surface area contributed by atoms with Crippen LogP contribution in [0.15, 0.2) is 67.0 Å². The number of pyridine rings is 1. The number of nitrogens with zero attached hydrogens (tertiary/aromatic N) is 3. The van der Waals surface area contributed by atoms with Crippen LogP contribution in [0.4, 0.5) is 11.5 Å². The molecular formula is C27H25N5O. The van der Waals surface area contributed by atoms with E-state index in [1.165, 1.54) is 19.4 Å². The van der Waals surface area contributed by atoms with Gasteiger partial charge in [0.25, 0.3) is 0 Å². The summed E-state index contributed by atoms with van der Waals surface area (Å²) >= 11 is 0. The van der Waals surface area contributed by atoms with Crippen molar-refractivity contribution in [1.82, 2.24) is 20.3 Å². The molecule has 3 heterocycles. The molecule has 2 unspecified atom stereocenters. The second-order valence-corrected chi connectivity index (χ2v) is 8.30. The third-order valence-electron chi connectivity index (χ3n) is 5.88. The Morgan fingerprint density at radius 1 is 1.12 bits per heavy atom. The van der Waals surface area contributed by atoms with Gasteiger partial charge in [0.05, 0.1) is 11.7 Å². The van der Waals surface area contributed by atoms with Gasteiger partial charge in [0.2, 0.25) is 5.82 Å². The maximum absolute atomic E-state index is 5.93. The van der Waals surface area contributed by atoms with Crippen LogP contribution in [0.2, 0.25) is 0 Å². The minimum absolute atomic E-state index is 0.318. The number of aryl methyl sites for hydroxylation is 1. The van der Waals surface area contributed by atoms with E-state index in [0.29, 0.717) is 17.2 Å². The van der Waals surface area contributed by atoms with Crippen LogP contribution in [-0.4, -0.2) is 27.5 Å². The standard InChI is InChI=1S/C22H16N4O.C5H9N/c1-3-21-25-19-14-23-12-11-18(19)22(26-21)24-16-9-10-20(15(2)13-16)27-17-7-5-4-6-8-17;1-2-6-5-3-4(1)5/h1,4-14H,2H3,(H,24,25,26);4-6H,1-3H2. The van der Waals surface area contributed by atoms with Crippen molar-refractivity contribution in [1.29, 1.82) is 0 Å². The lowest BCUT2D eigenvalue weighted by atomic mass is 10.2. The van der Waals surface area contributed by atoms with Crippen molar-refractivity contribution >= 4 is 22.4 Å². The number of aromatic nitrogens is 3. The quantitative estimate of drug-likeness (QED) is 0.428. The predicted octanol–water partition coefficient (Wildman–Crippen LogP) is 5.22. The van der Waals surface area contributed by atoms with Crippen molar-refractivity contribution in [2.45, 2.75) is 25.8 Å². The largest absolute Gasteiger partial charge is 0.457 e. The summed E-state index contributed by atoms with van der Waals surface area (Å²) in [5, 5.41) is 7.57. The van der Waals surface area contributed by atoms with Gasteiger partial charge < -0.3 is 15.4 Å². The molecule has 1 saturated carbocycles. The van der Waals surface area contributed by atoms with Gasteiger partial charge in [-0.1, -0.05) is 18.2 Å². The molecule has 6 nitrogen and oxygen atoms in total. The van der Waals surface area contributed by atoms with Gasteiger partial charge in [0, 0.05) is 23.3 Å². The molecule has 1 aliphatic carbocycles. The monoisotopic (exact) mass is 435 g/mol. The summed E-state index contributed by atoms with van der Waals surface area (Å²) in [6.07, 6.45) is 11.8. The number of para-hydroxylation sites is 1. The van der Waals surface area contributed by atoms with Gasteiger partial charge >= 0.3 is 0 Å². The lowest BCUT2D eigenvalue weighted by molar-refractivity contribution is 0.479. The summed E-state index contributed by atoms with van der Waals surface area (Å²) in [6.45, 7) is 3.29. The first-order valence-corrected chi connectivity index (χ1v) is 11.1. The van der Waals surface area contributed by atoms with Crippen molar-refractivity contribution in [2.75, 3.05) is 11.9 Å². The minimum atomic E-state index is 0.318. The van der Waals surface area contributed by atoms with E-state index in [4.69, 9.17) is 11.2 Å². The molecular weight excluding hydrogens is 410 g/mol. The normalized spacial score (nSPS) is 17.9. The fourth-order valence-electron chi connectivity index (χ4n) is 4.01. The highest BCUT2D eigenvalue weighted by molar-refractivity contribution is 5.90. The highest BCUT2D eigenvalue weighted by Crippen LogP contribution is 2.37. The number of fused-ring (bicyclic) bond motifs is 2. The molecule has 6 rings (SSSR count). The van der Waals surface area contributed by atoms with E-state index in [0.717, 1.165) is 40.1 Å². The highest BCUT2D eigenvalue weighted by Gasteiger charge is 2.40. The zero-order valence-electron chi connectivity index (χ0n) is 18.5. The second kappa shape index (κ2) is 9.27. The second-order valence-electron chi connectivity index (χ2n) is 8.30. The number of nitrogens with one attached hydrogen (secondary N) is 2. The summed E-state index contributed by atoms with van der Waals surface area (Å²) in [4.78, 5) is 12.8. The van der Waals surface area contributed by atoms with Crippen molar-refractivity contribution in [3.8, 4) is 23.8 Å². The number of hydrogen-bond acceptors (Lipinski definition) is 6. The Bertz CT molecular complexity index is 1310. The van der Waals surface area contributed by atoms with Crippen molar-refractivity contribution in [3.63, 3.8) is 0 Å². The van der Waals surface area contributed by atoms with E-state index < -0.39 is 0 Å². The summed E-state index contributed by atoms with van der Waals surface area (Å²) in [5.74, 6) is 6.15. The van der Waals surface area contributed by atoms with Crippen LogP contribution < -0.4 is 15.4 Å². The Morgan fingerprint density at radius 2 is 2.00 bits per heavy atom. The Kier molecular flexibility index (Phi) is 5.88. The topological polar surface area (TPSA) is 72.0 Å². The zero-order valence-corrected chi connectivity index (χ0v) is 18.5.